The quantitative estimate of drug-likeness (QED) is 0.474. The van der Waals surface area contributed by atoms with Crippen molar-refractivity contribution in [2.45, 2.75) is 64.8 Å². The number of carbonyl (C=O) groups is 2. The van der Waals surface area contributed by atoms with Crippen molar-refractivity contribution in [1.82, 2.24) is 10.6 Å². The zero-order valence-corrected chi connectivity index (χ0v) is 12.2. The Balaban J connectivity index is 3.45. The number of amides is 1. The molecule has 0 aromatic heterocycles. The van der Waals surface area contributed by atoms with E-state index in [0.29, 0.717) is 6.42 Å². The van der Waals surface area contributed by atoms with Gasteiger partial charge in [-0.25, -0.2) is 4.79 Å². The second-order valence-electron chi connectivity index (χ2n) is 4.90. The van der Waals surface area contributed by atoms with E-state index in [0.717, 1.165) is 25.9 Å². The van der Waals surface area contributed by atoms with Crippen LogP contribution in [0.5, 0.6) is 0 Å². The van der Waals surface area contributed by atoms with E-state index >= 15 is 0 Å². The number of carboxylic acid groups (broad SMARTS) is 1. The molecule has 0 fully saturated rings. The van der Waals surface area contributed by atoms with Crippen molar-refractivity contribution >= 4 is 11.9 Å². The summed E-state index contributed by atoms with van der Waals surface area (Å²) in [6.45, 7) is 5.49. The second-order valence-corrected chi connectivity index (χ2v) is 4.90. The molecule has 0 saturated carbocycles. The van der Waals surface area contributed by atoms with Crippen molar-refractivity contribution in [2.24, 2.45) is 0 Å². The van der Waals surface area contributed by atoms with Gasteiger partial charge in [0.05, 0.1) is 0 Å². The summed E-state index contributed by atoms with van der Waals surface area (Å²) in [5.74, 6) is -1.25. The van der Waals surface area contributed by atoms with Crippen LogP contribution in [0.4, 0.5) is 0 Å². The average Bonchev–Trinajstić information content (AvgIpc) is 2.34. The Hall–Kier alpha value is -1.10. The monoisotopic (exact) mass is 272 g/mol. The Morgan fingerprint density at radius 2 is 1.68 bits per heavy atom. The molecular weight excluding hydrogens is 244 g/mol. The van der Waals surface area contributed by atoms with E-state index in [-0.39, 0.29) is 5.91 Å². The molecule has 0 aliphatic heterocycles. The van der Waals surface area contributed by atoms with Gasteiger partial charge in [0, 0.05) is 6.92 Å². The van der Waals surface area contributed by atoms with Gasteiger partial charge in [-0.2, -0.15) is 0 Å². The van der Waals surface area contributed by atoms with Crippen LogP contribution in [0.25, 0.3) is 0 Å². The zero-order chi connectivity index (χ0) is 14.5. The molecule has 0 aliphatic carbocycles. The maximum atomic E-state index is 10.9. The van der Waals surface area contributed by atoms with Gasteiger partial charge in [-0.05, 0) is 38.8 Å². The highest BCUT2D eigenvalue weighted by Crippen LogP contribution is 2.01. The maximum Gasteiger partial charge on any atom is 0.326 e. The molecule has 0 heterocycles. The lowest BCUT2D eigenvalue weighted by molar-refractivity contribution is -0.141. The van der Waals surface area contributed by atoms with Crippen LogP contribution in [-0.4, -0.2) is 36.1 Å². The van der Waals surface area contributed by atoms with Gasteiger partial charge in [-0.15, -0.1) is 0 Å². The van der Waals surface area contributed by atoms with Gasteiger partial charge < -0.3 is 15.7 Å². The molecule has 5 nitrogen and oxygen atoms in total. The molecule has 0 saturated heterocycles. The highest BCUT2D eigenvalue weighted by atomic mass is 16.4. The van der Waals surface area contributed by atoms with E-state index in [1.54, 1.807) is 0 Å². The molecule has 3 N–H and O–H groups in total. The van der Waals surface area contributed by atoms with Gasteiger partial charge in [0.1, 0.15) is 6.04 Å². The van der Waals surface area contributed by atoms with Gasteiger partial charge in [0.2, 0.25) is 5.91 Å². The number of carboxylic acids is 1. The fraction of sp³-hybridized carbons (Fsp3) is 0.857. The predicted octanol–water partition coefficient (Wildman–Crippen LogP) is 1.92. The molecule has 0 bridgehead atoms. The second kappa shape index (κ2) is 12.0. The zero-order valence-electron chi connectivity index (χ0n) is 12.2. The van der Waals surface area contributed by atoms with Crippen LogP contribution in [-0.2, 0) is 9.59 Å². The van der Waals surface area contributed by atoms with Crippen LogP contribution in [0.15, 0.2) is 0 Å². The minimum atomic E-state index is -0.956. The van der Waals surface area contributed by atoms with Gasteiger partial charge in [-0.3, -0.25) is 4.79 Å². The summed E-state index contributed by atoms with van der Waals surface area (Å²) in [6.07, 6.45) is 7.26. The summed E-state index contributed by atoms with van der Waals surface area (Å²) in [6, 6.07) is -0.748. The number of aliphatic carboxylic acids is 1. The molecule has 1 atom stereocenters. The fourth-order valence-electron chi connectivity index (χ4n) is 1.90. The third-order valence-electron chi connectivity index (χ3n) is 2.98. The van der Waals surface area contributed by atoms with E-state index < -0.39 is 12.0 Å². The van der Waals surface area contributed by atoms with E-state index in [9.17, 15) is 9.59 Å². The van der Waals surface area contributed by atoms with E-state index in [2.05, 4.69) is 17.6 Å². The van der Waals surface area contributed by atoms with Gasteiger partial charge in [0.25, 0.3) is 0 Å². The molecule has 0 unspecified atom stereocenters. The Kier molecular flexibility index (Phi) is 11.3. The van der Waals surface area contributed by atoms with E-state index in [4.69, 9.17) is 5.11 Å². The standard InChI is InChI=1S/C14H28N2O3/c1-3-4-5-7-10-15-11-8-6-9-13(14(18)19)16-12(2)17/h13,15H,3-11H2,1-2H3,(H,16,17)(H,18,19)/t13-/m0/s1. The Bertz CT molecular complexity index is 257. The van der Waals surface area contributed by atoms with Crippen molar-refractivity contribution in [1.29, 1.82) is 0 Å². The van der Waals surface area contributed by atoms with Crippen LogP contribution >= 0.6 is 0 Å². The molecule has 0 aliphatic rings. The van der Waals surface area contributed by atoms with E-state index in [1.165, 1.54) is 32.6 Å². The lowest BCUT2D eigenvalue weighted by Crippen LogP contribution is -2.39. The minimum absolute atomic E-state index is 0.290. The topological polar surface area (TPSA) is 78.4 Å². The Morgan fingerprint density at radius 1 is 1.05 bits per heavy atom. The number of hydrogen-bond acceptors (Lipinski definition) is 3. The summed E-state index contributed by atoms with van der Waals surface area (Å²) in [7, 11) is 0. The van der Waals surface area contributed by atoms with Crippen LogP contribution in [0.2, 0.25) is 0 Å². The lowest BCUT2D eigenvalue weighted by atomic mass is 10.1. The van der Waals surface area contributed by atoms with Gasteiger partial charge >= 0.3 is 5.97 Å². The van der Waals surface area contributed by atoms with Crippen LogP contribution in [0.3, 0.4) is 0 Å². The smallest absolute Gasteiger partial charge is 0.326 e. The highest BCUT2D eigenvalue weighted by molar-refractivity contribution is 5.81. The van der Waals surface area contributed by atoms with Crippen molar-refractivity contribution in [3.05, 3.63) is 0 Å². The Labute approximate surface area is 116 Å². The summed E-state index contributed by atoms with van der Waals surface area (Å²) in [4.78, 5) is 21.7. The van der Waals surface area contributed by atoms with Crippen LogP contribution < -0.4 is 10.6 Å². The normalized spacial score (nSPS) is 12.1. The number of carbonyl (C=O) groups excluding carboxylic acids is 1. The minimum Gasteiger partial charge on any atom is -0.480 e. The molecule has 0 spiro atoms. The highest BCUT2D eigenvalue weighted by Gasteiger charge is 2.17. The van der Waals surface area contributed by atoms with Crippen molar-refractivity contribution < 1.29 is 14.7 Å². The average molecular weight is 272 g/mol. The van der Waals surface area contributed by atoms with Crippen LogP contribution in [0, 0.1) is 0 Å². The first-order valence-corrected chi connectivity index (χ1v) is 7.28. The SMILES string of the molecule is CCCCCCNCCCC[C@H](NC(C)=O)C(=O)O. The first-order valence-electron chi connectivity index (χ1n) is 7.28. The molecule has 19 heavy (non-hydrogen) atoms. The third-order valence-corrected chi connectivity index (χ3v) is 2.98. The number of unbranched alkanes of at least 4 members (excludes halogenated alkanes) is 4. The molecule has 1 amide bonds. The summed E-state index contributed by atoms with van der Waals surface area (Å²) < 4.78 is 0. The third kappa shape index (κ3) is 11.7. The molecule has 112 valence electrons. The van der Waals surface area contributed by atoms with Gasteiger partial charge in [0.15, 0.2) is 0 Å². The predicted molar refractivity (Wildman–Crippen MR) is 76.1 cm³/mol. The number of hydrogen-bond donors (Lipinski definition) is 3. The first kappa shape index (κ1) is 17.9. The van der Waals surface area contributed by atoms with Crippen LogP contribution in [0.1, 0.15) is 58.8 Å². The van der Waals surface area contributed by atoms with Crippen molar-refractivity contribution in [3.8, 4) is 0 Å². The van der Waals surface area contributed by atoms with Crippen molar-refractivity contribution in [3.63, 3.8) is 0 Å². The summed E-state index contributed by atoms with van der Waals surface area (Å²) in [5.41, 5.74) is 0. The summed E-state index contributed by atoms with van der Waals surface area (Å²) >= 11 is 0. The number of nitrogens with one attached hydrogen (secondary N) is 2. The number of rotatable bonds is 12. The largest absolute Gasteiger partial charge is 0.480 e. The molecule has 0 rings (SSSR count). The fourth-order valence-corrected chi connectivity index (χ4v) is 1.90. The molecule has 0 radical (unpaired) electrons. The van der Waals surface area contributed by atoms with E-state index in [1.807, 2.05) is 0 Å². The molecular formula is C14H28N2O3. The van der Waals surface area contributed by atoms with Gasteiger partial charge in [-0.1, -0.05) is 26.2 Å². The maximum absolute atomic E-state index is 10.9. The van der Waals surface area contributed by atoms with Crippen molar-refractivity contribution in [2.75, 3.05) is 13.1 Å². The molecule has 0 aromatic rings. The Morgan fingerprint density at radius 3 is 2.21 bits per heavy atom. The molecule has 5 heteroatoms. The first-order chi connectivity index (χ1) is 9.07. The lowest BCUT2D eigenvalue weighted by Gasteiger charge is -2.12. The summed E-state index contributed by atoms with van der Waals surface area (Å²) in [5, 5.41) is 14.7. The molecule has 0 aromatic carbocycles.